The van der Waals surface area contributed by atoms with Gasteiger partial charge in [-0.2, -0.15) is 0 Å². The molecule has 0 aromatic heterocycles. The minimum absolute atomic E-state index is 0.00250. The average Bonchev–Trinajstić information content (AvgIpc) is 1.90. The molecule has 1 rings (SSSR count). The van der Waals surface area contributed by atoms with Gasteiger partial charge < -0.3 is 5.32 Å². The third-order valence-corrected chi connectivity index (χ3v) is 3.29. The highest BCUT2D eigenvalue weighted by atomic mass is 32.2. The molecule has 54 valence electrons. The molecule has 0 aromatic carbocycles. The fraction of sp³-hybridized carbons (Fsp3) is 1.00. The highest BCUT2D eigenvalue weighted by molar-refractivity contribution is 7.86. The summed E-state index contributed by atoms with van der Waals surface area (Å²) in [5, 5.41) is 3.25. The van der Waals surface area contributed by atoms with Crippen molar-refractivity contribution >= 4 is 10.7 Å². The van der Waals surface area contributed by atoms with Gasteiger partial charge in [0.05, 0.1) is 0 Å². The van der Waals surface area contributed by atoms with Gasteiger partial charge in [0.1, 0.15) is 0 Å². The fourth-order valence-corrected chi connectivity index (χ4v) is 2.45. The summed E-state index contributed by atoms with van der Waals surface area (Å²) in [6.07, 6.45) is 2.42. The molecule has 3 heteroatoms. The molecule has 0 aliphatic carbocycles. The first kappa shape index (κ1) is 7.22. The summed E-state index contributed by atoms with van der Waals surface area (Å²) in [4.78, 5) is 0. The molecule has 0 atom stereocenters. The summed E-state index contributed by atoms with van der Waals surface area (Å²) < 4.78 is 7.44. The van der Waals surface area contributed by atoms with Crippen molar-refractivity contribution in [1.29, 1.82) is 4.78 Å². The minimum atomic E-state index is -0.00250. The molecule has 0 amide bonds. The monoisotopic (exact) mass is 146 g/mol. The van der Waals surface area contributed by atoms with Crippen LogP contribution in [0.15, 0.2) is 0 Å². The van der Waals surface area contributed by atoms with Gasteiger partial charge in [-0.3, -0.25) is 4.78 Å². The summed E-state index contributed by atoms with van der Waals surface area (Å²) in [6.45, 7) is 0. The van der Waals surface area contributed by atoms with E-state index in [1.54, 1.807) is 0 Å². The zero-order chi connectivity index (χ0) is 6.69. The van der Waals surface area contributed by atoms with Crippen LogP contribution in [0.4, 0.5) is 0 Å². The Kier molecular flexibility index (Phi) is 2.66. The van der Waals surface area contributed by atoms with Crippen LogP contribution in [0.1, 0.15) is 12.8 Å². The lowest BCUT2D eigenvalue weighted by Crippen LogP contribution is -2.32. The lowest BCUT2D eigenvalue weighted by molar-refractivity contribution is 0.526. The summed E-state index contributed by atoms with van der Waals surface area (Å²) in [5.41, 5.74) is 0. The Hall–Kier alpha value is 0.110. The van der Waals surface area contributed by atoms with E-state index in [4.69, 9.17) is 4.78 Å². The van der Waals surface area contributed by atoms with E-state index in [1.165, 1.54) is 12.8 Å². The van der Waals surface area contributed by atoms with Gasteiger partial charge in [-0.15, -0.1) is 10.7 Å². The molecule has 1 aliphatic heterocycles. The Balaban J connectivity index is 2.26. The van der Waals surface area contributed by atoms with E-state index in [9.17, 15) is 0 Å². The van der Waals surface area contributed by atoms with E-state index in [1.807, 2.05) is 7.05 Å². The molecule has 0 unspecified atom stereocenters. The molecule has 0 spiro atoms. The van der Waals surface area contributed by atoms with Gasteiger partial charge in [0.2, 0.25) is 0 Å². The predicted octanol–water partition coefficient (Wildman–Crippen LogP) is 0.749. The topological polar surface area (TPSA) is 35.9 Å². The zero-order valence-corrected chi connectivity index (χ0v) is 6.63. The van der Waals surface area contributed by atoms with Gasteiger partial charge in [-0.05, 0) is 19.9 Å². The van der Waals surface area contributed by atoms with Gasteiger partial charge in [0, 0.05) is 17.5 Å². The molecular formula is C6H14N2S. The Bertz CT molecular complexity index is 104. The highest BCUT2D eigenvalue weighted by Gasteiger charge is 2.12. The van der Waals surface area contributed by atoms with Crippen LogP contribution < -0.4 is 5.32 Å². The third-order valence-electron chi connectivity index (χ3n) is 1.83. The summed E-state index contributed by atoms with van der Waals surface area (Å²) in [7, 11) is 2.01. The van der Waals surface area contributed by atoms with Gasteiger partial charge in [0.25, 0.3) is 0 Å². The summed E-state index contributed by atoms with van der Waals surface area (Å²) >= 11 is 0. The highest BCUT2D eigenvalue weighted by Crippen LogP contribution is 2.08. The van der Waals surface area contributed by atoms with Crippen molar-refractivity contribution < 1.29 is 0 Å². The second kappa shape index (κ2) is 3.32. The van der Waals surface area contributed by atoms with Crippen LogP contribution in [0.2, 0.25) is 0 Å². The lowest BCUT2D eigenvalue weighted by atomic mass is 10.2. The van der Waals surface area contributed by atoms with Gasteiger partial charge in [-0.25, -0.2) is 0 Å². The van der Waals surface area contributed by atoms with Gasteiger partial charge in [0.15, 0.2) is 0 Å². The van der Waals surface area contributed by atoms with Gasteiger partial charge >= 0.3 is 0 Å². The van der Waals surface area contributed by atoms with E-state index < -0.39 is 0 Å². The molecule has 1 aliphatic rings. The summed E-state index contributed by atoms with van der Waals surface area (Å²) in [6, 6.07) is 0.708. The van der Waals surface area contributed by atoms with Crippen molar-refractivity contribution in [3.05, 3.63) is 0 Å². The van der Waals surface area contributed by atoms with Crippen molar-refractivity contribution in [2.45, 2.75) is 18.9 Å². The van der Waals surface area contributed by atoms with Crippen LogP contribution in [0.25, 0.3) is 0 Å². The number of rotatable bonds is 1. The van der Waals surface area contributed by atoms with Crippen molar-refractivity contribution in [1.82, 2.24) is 5.32 Å². The standard InChI is InChI=1S/C6H14N2S/c1-8-6-2-4-9(7)5-3-6/h6-8H,2-5H2,1H3. The van der Waals surface area contributed by atoms with Crippen LogP contribution in [0.3, 0.4) is 0 Å². The van der Waals surface area contributed by atoms with E-state index >= 15 is 0 Å². The Morgan fingerprint density at radius 1 is 1.44 bits per heavy atom. The quantitative estimate of drug-likeness (QED) is 0.562. The molecule has 0 saturated carbocycles. The van der Waals surface area contributed by atoms with Crippen molar-refractivity contribution in [3.63, 3.8) is 0 Å². The van der Waals surface area contributed by atoms with Crippen LogP contribution in [0.5, 0.6) is 0 Å². The van der Waals surface area contributed by atoms with E-state index in [-0.39, 0.29) is 10.7 Å². The molecule has 0 radical (unpaired) electrons. The molecule has 0 aromatic rings. The normalized spacial score (nSPS) is 36.6. The van der Waals surface area contributed by atoms with Crippen LogP contribution >= 0.6 is 0 Å². The van der Waals surface area contributed by atoms with Gasteiger partial charge in [-0.1, -0.05) is 0 Å². The Morgan fingerprint density at radius 3 is 2.44 bits per heavy atom. The number of hydrogen-bond acceptors (Lipinski definition) is 2. The minimum Gasteiger partial charge on any atom is -0.317 e. The second-order valence-corrected chi connectivity index (χ2v) is 4.27. The molecule has 1 heterocycles. The molecule has 2 nitrogen and oxygen atoms in total. The zero-order valence-electron chi connectivity index (χ0n) is 5.81. The largest absolute Gasteiger partial charge is 0.317 e. The van der Waals surface area contributed by atoms with Crippen molar-refractivity contribution in [2.75, 3.05) is 18.6 Å². The molecular weight excluding hydrogens is 132 g/mol. The molecule has 1 saturated heterocycles. The number of hydrogen-bond donors (Lipinski definition) is 2. The van der Waals surface area contributed by atoms with Crippen LogP contribution in [0, 0.1) is 4.78 Å². The smallest absolute Gasteiger partial charge is 0.00804 e. The van der Waals surface area contributed by atoms with Crippen molar-refractivity contribution in [3.8, 4) is 0 Å². The SMILES string of the molecule is CNC1CCS(=N)CC1. The van der Waals surface area contributed by atoms with Crippen molar-refractivity contribution in [2.24, 2.45) is 0 Å². The Labute approximate surface area is 58.9 Å². The lowest BCUT2D eigenvalue weighted by Gasteiger charge is -2.21. The van der Waals surface area contributed by atoms with Crippen LogP contribution in [-0.2, 0) is 10.7 Å². The average molecular weight is 146 g/mol. The van der Waals surface area contributed by atoms with Crippen LogP contribution in [-0.4, -0.2) is 24.6 Å². The molecule has 0 bridgehead atoms. The second-order valence-electron chi connectivity index (χ2n) is 2.46. The first-order valence-electron chi connectivity index (χ1n) is 3.39. The maximum absolute atomic E-state index is 7.44. The number of nitrogens with one attached hydrogen (secondary N) is 2. The fourth-order valence-electron chi connectivity index (χ4n) is 1.10. The van der Waals surface area contributed by atoms with E-state index in [0.717, 1.165) is 11.5 Å². The maximum atomic E-state index is 7.44. The molecule has 1 fully saturated rings. The first-order valence-corrected chi connectivity index (χ1v) is 4.95. The van der Waals surface area contributed by atoms with E-state index in [2.05, 4.69) is 5.32 Å². The molecule has 9 heavy (non-hydrogen) atoms. The predicted molar refractivity (Wildman–Crippen MR) is 41.9 cm³/mol. The third kappa shape index (κ3) is 2.06. The maximum Gasteiger partial charge on any atom is 0.00804 e. The Morgan fingerprint density at radius 2 is 2.00 bits per heavy atom. The van der Waals surface area contributed by atoms with E-state index in [0.29, 0.717) is 6.04 Å². The molecule has 2 N–H and O–H groups in total. The first-order chi connectivity index (χ1) is 4.33. The summed E-state index contributed by atoms with van der Waals surface area (Å²) in [5.74, 6) is 2.23.